The highest BCUT2D eigenvalue weighted by Crippen LogP contribution is 2.35. The van der Waals surface area contributed by atoms with Gasteiger partial charge in [-0.3, -0.25) is 9.32 Å². The topological polar surface area (TPSA) is 106 Å². The number of nitrogens with zero attached hydrogens (tertiary/aromatic N) is 2. The maximum atomic E-state index is 12.5. The Morgan fingerprint density at radius 1 is 1.48 bits per heavy atom. The van der Waals surface area contributed by atoms with Gasteiger partial charge in [-0.15, -0.1) is 11.3 Å². The van der Waals surface area contributed by atoms with Gasteiger partial charge in [-0.05, 0) is 30.7 Å². The number of H-pyrrole nitrogens is 1. The first-order chi connectivity index (χ1) is 9.90. The number of nitrogen functional groups attached to an aromatic ring is 1. The number of aryl methyl sites for hydroxylation is 3. The molecule has 0 aromatic carbocycles. The predicted octanol–water partition coefficient (Wildman–Crippen LogP) is 0.832. The molecular formula is C13H13N4O3S+. The summed E-state index contributed by atoms with van der Waals surface area (Å²) >= 11 is 1.18. The number of aromatic amines is 1. The zero-order valence-electron chi connectivity index (χ0n) is 11.7. The molecule has 3 aromatic rings. The molecule has 3 aromatic heterocycles. The molecule has 21 heavy (non-hydrogen) atoms. The molecule has 3 heterocycles. The number of carbonyl (C=O) groups is 1. The Morgan fingerprint density at radius 3 is 2.81 bits per heavy atom. The van der Waals surface area contributed by atoms with E-state index >= 15 is 0 Å². The second-order valence-corrected chi connectivity index (χ2v) is 5.82. The fourth-order valence-electron chi connectivity index (χ4n) is 2.33. The summed E-state index contributed by atoms with van der Waals surface area (Å²) in [5, 5.41) is 3.08. The number of ketones is 1. The van der Waals surface area contributed by atoms with E-state index in [1.807, 2.05) is 19.9 Å². The molecule has 0 aliphatic heterocycles. The van der Waals surface area contributed by atoms with Crippen molar-refractivity contribution in [3.63, 3.8) is 0 Å². The average molecular weight is 305 g/mol. The first-order valence-corrected chi connectivity index (χ1v) is 7.00. The molecule has 8 heteroatoms. The van der Waals surface area contributed by atoms with Crippen molar-refractivity contribution in [3.05, 3.63) is 38.3 Å². The molecule has 0 aliphatic rings. The van der Waals surface area contributed by atoms with Gasteiger partial charge in [-0.1, -0.05) is 4.68 Å². The van der Waals surface area contributed by atoms with E-state index in [0.29, 0.717) is 15.4 Å². The number of hydrogen-bond donors (Lipinski definition) is 2. The monoisotopic (exact) mass is 305 g/mol. The molecule has 0 atom stereocenters. The van der Waals surface area contributed by atoms with Crippen LogP contribution in [0.3, 0.4) is 0 Å². The van der Waals surface area contributed by atoms with E-state index in [9.17, 15) is 9.59 Å². The van der Waals surface area contributed by atoms with Crippen molar-refractivity contribution in [3.8, 4) is 0 Å². The smallest absolute Gasteiger partial charge is 0.397 e. The lowest BCUT2D eigenvalue weighted by Crippen LogP contribution is -2.39. The van der Waals surface area contributed by atoms with E-state index in [1.54, 1.807) is 0 Å². The fraction of sp³-hybridized carbons (Fsp3) is 0.231. The van der Waals surface area contributed by atoms with Crippen molar-refractivity contribution in [2.24, 2.45) is 7.05 Å². The van der Waals surface area contributed by atoms with Crippen LogP contribution in [-0.2, 0) is 7.05 Å². The molecule has 0 bridgehead atoms. The van der Waals surface area contributed by atoms with Crippen molar-refractivity contribution in [1.29, 1.82) is 0 Å². The van der Waals surface area contributed by atoms with E-state index in [1.165, 1.54) is 23.1 Å². The largest absolute Gasteiger partial charge is 0.438 e. The number of hydrogen-bond acceptors (Lipinski definition) is 6. The van der Waals surface area contributed by atoms with Crippen LogP contribution in [-0.4, -0.2) is 16.0 Å². The number of aromatic nitrogens is 3. The van der Waals surface area contributed by atoms with Crippen molar-refractivity contribution in [2.45, 2.75) is 13.8 Å². The third-order valence-electron chi connectivity index (χ3n) is 3.25. The number of nitrogens with two attached hydrogens (primary N) is 1. The van der Waals surface area contributed by atoms with Gasteiger partial charge in [0.1, 0.15) is 9.71 Å². The molecule has 0 radical (unpaired) electrons. The summed E-state index contributed by atoms with van der Waals surface area (Å²) < 4.78 is 5.84. The van der Waals surface area contributed by atoms with E-state index in [2.05, 4.69) is 14.8 Å². The van der Waals surface area contributed by atoms with Crippen LogP contribution in [0.2, 0.25) is 0 Å². The molecular weight excluding hydrogens is 292 g/mol. The molecule has 0 fully saturated rings. The summed E-state index contributed by atoms with van der Waals surface area (Å²) in [7, 11) is 1.52. The fourth-order valence-corrected chi connectivity index (χ4v) is 3.49. The Labute approximate surface area is 123 Å². The van der Waals surface area contributed by atoms with Crippen molar-refractivity contribution >= 4 is 33.0 Å². The normalized spacial score (nSPS) is 11.2. The number of nitrogens with one attached hydrogen (secondary N) is 1. The molecule has 7 nitrogen and oxygen atoms in total. The quantitative estimate of drug-likeness (QED) is 0.539. The van der Waals surface area contributed by atoms with E-state index in [-0.39, 0.29) is 5.69 Å². The van der Waals surface area contributed by atoms with Gasteiger partial charge in [0, 0.05) is 11.1 Å². The molecule has 3 N–H and O–H groups in total. The van der Waals surface area contributed by atoms with Gasteiger partial charge in [-0.25, -0.2) is 9.78 Å². The maximum absolute atomic E-state index is 12.5. The Morgan fingerprint density at radius 2 is 2.19 bits per heavy atom. The lowest BCUT2D eigenvalue weighted by molar-refractivity contribution is -0.741. The Kier molecular flexibility index (Phi) is 2.91. The lowest BCUT2D eigenvalue weighted by Gasteiger charge is -1.99. The first kappa shape index (κ1) is 13.5. The number of anilines is 1. The highest BCUT2D eigenvalue weighted by molar-refractivity contribution is 7.21. The van der Waals surface area contributed by atoms with Gasteiger partial charge < -0.3 is 5.73 Å². The molecule has 108 valence electrons. The predicted molar refractivity (Wildman–Crippen MR) is 77.4 cm³/mol. The Bertz CT molecular complexity index is 935. The number of carbonyl (C=O) groups excluding carboxylic acids is 1. The number of rotatable bonds is 2. The van der Waals surface area contributed by atoms with Crippen LogP contribution < -0.4 is 16.0 Å². The minimum atomic E-state index is -0.722. The summed E-state index contributed by atoms with van der Waals surface area (Å²) in [5.41, 5.74) is 7.44. The molecule has 0 spiro atoms. The first-order valence-electron chi connectivity index (χ1n) is 6.18. The second kappa shape index (κ2) is 4.52. The van der Waals surface area contributed by atoms with E-state index in [4.69, 9.17) is 5.73 Å². The standard InChI is InChI=1S/C13H12N4O3S/c1-5-4-6(2)15-12-7(5)8(14)11(21-12)10(18)9-13(19)20-16-17(9)3/h4H,1-3H3,(H2-,14,16,18,19)/p+1. The van der Waals surface area contributed by atoms with Gasteiger partial charge in [0.05, 0.1) is 5.69 Å². The van der Waals surface area contributed by atoms with Crippen LogP contribution in [0.1, 0.15) is 26.6 Å². The van der Waals surface area contributed by atoms with Gasteiger partial charge >= 0.3 is 11.3 Å². The summed E-state index contributed by atoms with van der Waals surface area (Å²) in [6.45, 7) is 3.80. The number of fused-ring (bicyclic) bond motifs is 1. The lowest BCUT2D eigenvalue weighted by atomic mass is 10.1. The van der Waals surface area contributed by atoms with Gasteiger partial charge in [0.2, 0.25) is 0 Å². The average Bonchev–Trinajstić information content (AvgIpc) is 2.90. The van der Waals surface area contributed by atoms with Crippen LogP contribution >= 0.6 is 11.3 Å². The van der Waals surface area contributed by atoms with Crippen LogP contribution in [0.4, 0.5) is 5.69 Å². The molecule has 0 saturated carbocycles. The van der Waals surface area contributed by atoms with E-state index in [0.717, 1.165) is 16.6 Å². The van der Waals surface area contributed by atoms with Gasteiger partial charge in [0.15, 0.2) is 7.05 Å². The zero-order valence-corrected chi connectivity index (χ0v) is 12.5. The minimum Gasteiger partial charge on any atom is -0.397 e. The second-order valence-electron chi connectivity index (χ2n) is 4.82. The molecule has 0 amide bonds. The molecule has 0 saturated heterocycles. The Balaban J connectivity index is 2.27. The summed E-state index contributed by atoms with van der Waals surface area (Å²) in [6.07, 6.45) is 0. The van der Waals surface area contributed by atoms with Gasteiger partial charge in [-0.2, -0.15) is 0 Å². The third-order valence-corrected chi connectivity index (χ3v) is 4.35. The van der Waals surface area contributed by atoms with Crippen LogP contribution in [0.15, 0.2) is 15.4 Å². The summed E-state index contributed by atoms with van der Waals surface area (Å²) in [4.78, 5) is 29.5. The van der Waals surface area contributed by atoms with Crippen LogP contribution in [0.5, 0.6) is 0 Å². The number of pyridine rings is 1. The summed E-state index contributed by atoms with van der Waals surface area (Å²) in [6, 6.07) is 1.91. The van der Waals surface area contributed by atoms with E-state index < -0.39 is 11.4 Å². The van der Waals surface area contributed by atoms with Crippen molar-refractivity contribution in [2.75, 3.05) is 5.73 Å². The zero-order chi connectivity index (χ0) is 15.3. The molecule has 3 rings (SSSR count). The molecule has 0 aliphatic carbocycles. The Hall–Kier alpha value is -2.48. The van der Waals surface area contributed by atoms with Gasteiger partial charge in [0.25, 0.3) is 5.78 Å². The SMILES string of the molecule is Cc1cc(C)c2c(N)c(C(=O)c3c(=O)o[nH][n+]3C)sc2n1. The molecule has 0 unspecified atom stereocenters. The third kappa shape index (κ3) is 1.95. The summed E-state index contributed by atoms with van der Waals surface area (Å²) in [5.74, 6) is -0.468. The van der Waals surface area contributed by atoms with Crippen LogP contribution in [0.25, 0.3) is 10.2 Å². The maximum Gasteiger partial charge on any atom is 0.438 e. The van der Waals surface area contributed by atoms with Crippen molar-refractivity contribution in [1.82, 2.24) is 10.3 Å². The highest BCUT2D eigenvalue weighted by Gasteiger charge is 2.31. The number of thiophene rings is 1. The van der Waals surface area contributed by atoms with Crippen molar-refractivity contribution < 1.29 is 14.0 Å². The minimum absolute atomic E-state index is 0.0948. The van der Waals surface area contributed by atoms with Crippen LogP contribution in [0, 0.1) is 13.8 Å². The highest BCUT2D eigenvalue weighted by atomic mass is 32.1.